The van der Waals surface area contributed by atoms with Gasteiger partial charge in [0.2, 0.25) is 0 Å². The van der Waals surface area contributed by atoms with Crippen molar-refractivity contribution in [2.75, 3.05) is 5.32 Å². The summed E-state index contributed by atoms with van der Waals surface area (Å²) >= 11 is 4.88. The number of thiocarbonyl (C=S) groups is 1. The van der Waals surface area contributed by atoms with Crippen molar-refractivity contribution in [1.82, 2.24) is 0 Å². The van der Waals surface area contributed by atoms with Crippen molar-refractivity contribution in [3.63, 3.8) is 0 Å². The second kappa shape index (κ2) is 5.32. The topological polar surface area (TPSA) is 38.0 Å². The molecule has 0 aliphatic heterocycles. The molecule has 19 heavy (non-hydrogen) atoms. The van der Waals surface area contributed by atoms with Crippen LogP contribution >= 0.6 is 12.2 Å². The fraction of sp³-hybridized carbons (Fsp3) is 0.0714. The van der Waals surface area contributed by atoms with Gasteiger partial charge in [0.1, 0.15) is 16.6 Å². The fourth-order valence-corrected chi connectivity index (χ4v) is 1.82. The SMILES string of the molecule is Cc1cc(C(N)=S)ccc1Nc1cc(F)ccc1F. The summed E-state index contributed by atoms with van der Waals surface area (Å²) in [5.74, 6) is -1.01. The summed E-state index contributed by atoms with van der Waals surface area (Å²) in [6.07, 6.45) is 0. The highest BCUT2D eigenvalue weighted by atomic mass is 32.1. The van der Waals surface area contributed by atoms with Crippen LogP contribution in [0, 0.1) is 18.6 Å². The first kappa shape index (κ1) is 13.4. The third-order valence-corrected chi connectivity index (χ3v) is 2.94. The van der Waals surface area contributed by atoms with Gasteiger partial charge in [-0.15, -0.1) is 0 Å². The van der Waals surface area contributed by atoms with Gasteiger partial charge in [-0.3, -0.25) is 0 Å². The van der Waals surface area contributed by atoms with Gasteiger partial charge in [0, 0.05) is 17.3 Å². The lowest BCUT2D eigenvalue weighted by atomic mass is 10.1. The van der Waals surface area contributed by atoms with Gasteiger partial charge < -0.3 is 11.1 Å². The molecule has 0 atom stereocenters. The van der Waals surface area contributed by atoms with Crippen LogP contribution in [0.25, 0.3) is 0 Å². The molecule has 0 unspecified atom stereocenters. The first-order valence-corrected chi connectivity index (χ1v) is 6.01. The van der Waals surface area contributed by atoms with Gasteiger partial charge >= 0.3 is 0 Å². The van der Waals surface area contributed by atoms with Crippen LogP contribution < -0.4 is 11.1 Å². The molecule has 0 aliphatic carbocycles. The second-order valence-electron chi connectivity index (χ2n) is 4.14. The molecule has 2 nitrogen and oxygen atoms in total. The van der Waals surface area contributed by atoms with Gasteiger partial charge in [-0.1, -0.05) is 12.2 Å². The number of aryl methyl sites for hydroxylation is 1. The number of nitrogens with two attached hydrogens (primary N) is 1. The van der Waals surface area contributed by atoms with Crippen LogP contribution in [-0.2, 0) is 0 Å². The van der Waals surface area contributed by atoms with E-state index >= 15 is 0 Å². The number of rotatable bonds is 3. The number of halogens is 2. The average molecular weight is 278 g/mol. The number of benzene rings is 2. The van der Waals surface area contributed by atoms with Crippen LogP contribution in [0.15, 0.2) is 36.4 Å². The molecule has 0 aromatic heterocycles. The smallest absolute Gasteiger partial charge is 0.146 e. The lowest BCUT2D eigenvalue weighted by Gasteiger charge is -2.11. The molecule has 3 N–H and O–H groups in total. The van der Waals surface area contributed by atoms with Crippen molar-refractivity contribution in [1.29, 1.82) is 0 Å². The Morgan fingerprint density at radius 1 is 1.11 bits per heavy atom. The Morgan fingerprint density at radius 3 is 2.47 bits per heavy atom. The first-order valence-electron chi connectivity index (χ1n) is 5.60. The first-order chi connectivity index (χ1) is 8.97. The normalized spacial score (nSPS) is 10.3. The summed E-state index contributed by atoms with van der Waals surface area (Å²) in [5.41, 5.74) is 7.87. The maximum absolute atomic E-state index is 13.5. The molecule has 0 heterocycles. The number of nitrogens with one attached hydrogen (secondary N) is 1. The molecule has 0 fully saturated rings. The lowest BCUT2D eigenvalue weighted by Crippen LogP contribution is -2.09. The van der Waals surface area contributed by atoms with Gasteiger partial charge in [-0.05, 0) is 42.8 Å². The minimum absolute atomic E-state index is 0.0891. The van der Waals surface area contributed by atoms with E-state index in [-0.39, 0.29) is 5.69 Å². The van der Waals surface area contributed by atoms with E-state index in [2.05, 4.69) is 5.32 Å². The van der Waals surface area contributed by atoms with Crippen molar-refractivity contribution < 1.29 is 8.78 Å². The Labute approximate surface area is 115 Å². The summed E-state index contributed by atoms with van der Waals surface area (Å²) < 4.78 is 26.6. The molecule has 0 spiro atoms. The molecule has 0 radical (unpaired) electrons. The minimum Gasteiger partial charge on any atom is -0.389 e. The van der Waals surface area contributed by atoms with Crippen LogP contribution in [0.2, 0.25) is 0 Å². The monoisotopic (exact) mass is 278 g/mol. The second-order valence-corrected chi connectivity index (χ2v) is 4.58. The van der Waals surface area contributed by atoms with E-state index in [1.807, 2.05) is 6.92 Å². The molecule has 2 rings (SSSR count). The highest BCUT2D eigenvalue weighted by Crippen LogP contribution is 2.24. The van der Waals surface area contributed by atoms with Crippen LogP contribution in [-0.4, -0.2) is 4.99 Å². The molecule has 0 amide bonds. The van der Waals surface area contributed by atoms with Crippen LogP contribution in [0.3, 0.4) is 0 Å². The van der Waals surface area contributed by atoms with E-state index in [0.717, 1.165) is 29.3 Å². The maximum Gasteiger partial charge on any atom is 0.146 e. The van der Waals surface area contributed by atoms with Gasteiger partial charge in [0.05, 0.1) is 5.69 Å². The maximum atomic E-state index is 13.5. The zero-order chi connectivity index (χ0) is 14.0. The molecule has 0 bridgehead atoms. The average Bonchev–Trinajstić information content (AvgIpc) is 2.36. The third-order valence-electron chi connectivity index (χ3n) is 2.71. The molecule has 0 saturated carbocycles. The van der Waals surface area contributed by atoms with Crippen molar-refractivity contribution in [3.05, 3.63) is 59.2 Å². The van der Waals surface area contributed by atoms with E-state index < -0.39 is 11.6 Å². The standard InChI is InChI=1S/C14H12F2N2S/c1-8-6-9(14(17)19)2-5-12(8)18-13-7-10(15)3-4-11(13)16/h2-7,18H,1H3,(H2,17,19). The van der Waals surface area contributed by atoms with E-state index in [4.69, 9.17) is 18.0 Å². The van der Waals surface area contributed by atoms with Crippen molar-refractivity contribution in [3.8, 4) is 0 Å². The third kappa shape index (κ3) is 3.06. The van der Waals surface area contributed by atoms with Gasteiger partial charge in [-0.2, -0.15) is 0 Å². The van der Waals surface area contributed by atoms with Crippen LogP contribution in [0.4, 0.5) is 20.2 Å². The van der Waals surface area contributed by atoms with Crippen LogP contribution in [0.5, 0.6) is 0 Å². The highest BCUT2D eigenvalue weighted by molar-refractivity contribution is 7.80. The lowest BCUT2D eigenvalue weighted by molar-refractivity contribution is 0.603. The molecular weight excluding hydrogens is 266 g/mol. The quantitative estimate of drug-likeness (QED) is 0.842. The summed E-state index contributed by atoms with van der Waals surface area (Å²) in [7, 11) is 0. The van der Waals surface area contributed by atoms with Crippen molar-refractivity contribution >= 4 is 28.6 Å². The molecule has 98 valence electrons. The summed E-state index contributed by atoms with van der Waals surface area (Å²) in [5, 5.41) is 2.85. The molecule has 0 aliphatic rings. The van der Waals surface area contributed by atoms with Crippen molar-refractivity contribution in [2.45, 2.75) is 6.92 Å². The minimum atomic E-state index is -0.515. The van der Waals surface area contributed by atoms with Crippen LogP contribution in [0.1, 0.15) is 11.1 Å². The predicted molar refractivity (Wildman–Crippen MR) is 76.7 cm³/mol. The predicted octanol–water partition coefficient (Wildman–Crippen LogP) is 3.65. The molecular formula is C14H12F2N2S. The number of anilines is 2. The van der Waals surface area contributed by atoms with E-state index in [0.29, 0.717) is 10.7 Å². The summed E-state index contributed by atoms with van der Waals surface area (Å²) in [6.45, 7) is 1.83. The Morgan fingerprint density at radius 2 is 1.84 bits per heavy atom. The summed E-state index contributed by atoms with van der Waals surface area (Å²) in [4.78, 5) is 0.298. The van der Waals surface area contributed by atoms with Gasteiger partial charge in [-0.25, -0.2) is 8.78 Å². The Balaban J connectivity index is 2.33. The number of hydrogen-bond donors (Lipinski definition) is 2. The van der Waals surface area contributed by atoms with Gasteiger partial charge in [0.25, 0.3) is 0 Å². The van der Waals surface area contributed by atoms with Crippen molar-refractivity contribution in [2.24, 2.45) is 5.73 Å². The zero-order valence-electron chi connectivity index (χ0n) is 10.2. The van der Waals surface area contributed by atoms with E-state index in [9.17, 15) is 8.78 Å². The van der Waals surface area contributed by atoms with E-state index in [1.165, 1.54) is 0 Å². The van der Waals surface area contributed by atoms with E-state index in [1.54, 1.807) is 18.2 Å². The molecule has 2 aromatic carbocycles. The number of hydrogen-bond acceptors (Lipinski definition) is 2. The largest absolute Gasteiger partial charge is 0.389 e. The molecule has 2 aromatic rings. The molecule has 5 heteroatoms. The Kier molecular flexibility index (Phi) is 3.76. The highest BCUT2D eigenvalue weighted by Gasteiger charge is 2.07. The Bertz CT molecular complexity index is 641. The zero-order valence-corrected chi connectivity index (χ0v) is 11.0. The Hall–Kier alpha value is -2.01. The van der Waals surface area contributed by atoms with Gasteiger partial charge in [0.15, 0.2) is 0 Å². The fourth-order valence-electron chi connectivity index (χ4n) is 1.70. The summed E-state index contributed by atoms with van der Waals surface area (Å²) in [6, 6.07) is 8.51. The molecule has 0 saturated heterocycles.